The number of aryl methyl sites for hydroxylation is 11. The zero-order chi connectivity index (χ0) is 70.2. The van der Waals surface area contributed by atoms with Gasteiger partial charge in [0.2, 0.25) is 17.1 Å². The van der Waals surface area contributed by atoms with E-state index < -0.39 is 33.3 Å². The Hall–Kier alpha value is -9.39. The zero-order valence-corrected chi connectivity index (χ0v) is 49.4. The summed E-state index contributed by atoms with van der Waals surface area (Å²) in [6.07, 6.45) is 11.5. The van der Waals surface area contributed by atoms with E-state index in [0.717, 1.165) is 163 Å². The lowest BCUT2D eigenvalue weighted by Crippen LogP contribution is -2.30. The summed E-state index contributed by atoms with van der Waals surface area (Å²) < 4.78 is 126. The van der Waals surface area contributed by atoms with Crippen LogP contribution in [0.1, 0.15) is 106 Å². The molecule has 6 heteroatoms. The van der Waals surface area contributed by atoms with E-state index in [1.54, 1.807) is 48.5 Å². The van der Waals surface area contributed by atoms with E-state index in [1.807, 2.05) is 107 Å². The van der Waals surface area contributed by atoms with Crippen molar-refractivity contribution in [2.24, 2.45) is 21.1 Å². The monoisotopic (exact) mass is 1140 g/mol. The number of aromatic nitrogens is 3. The zero-order valence-electron chi connectivity index (χ0n) is 62.4. The number of pyridine rings is 3. The fourth-order valence-corrected chi connectivity index (χ4v) is 13.1. The summed E-state index contributed by atoms with van der Waals surface area (Å²) in [5, 5.41) is 12.5. The van der Waals surface area contributed by atoms with Gasteiger partial charge in [0, 0.05) is 50.7 Å². The number of nitrogens with zero attached hydrogens (tertiary/aromatic N) is 3. The van der Waals surface area contributed by atoms with Crippen molar-refractivity contribution >= 4 is 98.1 Å². The molecule has 424 valence electrons. The van der Waals surface area contributed by atoms with Gasteiger partial charge in [-0.2, -0.15) is 0 Å². The lowest BCUT2D eigenvalue weighted by Gasteiger charge is -2.22. The highest BCUT2D eigenvalue weighted by Gasteiger charge is 2.23. The predicted molar refractivity (Wildman–Crippen MR) is 357 cm³/mol. The Morgan fingerprint density at radius 3 is 1.12 bits per heavy atom. The van der Waals surface area contributed by atoms with Gasteiger partial charge in [0.1, 0.15) is 54.6 Å². The first kappa shape index (κ1) is 41.6. The van der Waals surface area contributed by atoms with Crippen molar-refractivity contribution in [1.82, 2.24) is 0 Å². The molecule has 0 N–H and O–H groups in total. The van der Waals surface area contributed by atoms with Crippen molar-refractivity contribution in [3.8, 4) is 33.8 Å². The van der Waals surface area contributed by atoms with Crippen LogP contribution in [0.25, 0.3) is 132 Å². The summed E-state index contributed by atoms with van der Waals surface area (Å²) in [5.74, 6) is -0.481. The molecule has 0 bridgehead atoms. The molecule has 9 aromatic carbocycles. The van der Waals surface area contributed by atoms with Crippen LogP contribution in [0.2, 0.25) is 0 Å². The summed E-state index contributed by atoms with van der Waals surface area (Å²) in [5.41, 5.74) is 16.9. The molecule has 6 heterocycles. The van der Waals surface area contributed by atoms with E-state index in [0.29, 0.717) is 27.8 Å². The van der Waals surface area contributed by atoms with Crippen molar-refractivity contribution in [2.45, 2.75) is 93.1 Å². The number of hydrogen-bond acceptors (Lipinski definition) is 3. The number of benzene rings is 9. The van der Waals surface area contributed by atoms with Crippen LogP contribution in [0, 0.1) is 55.1 Å². The molecular weight excluding hydrogens is 1050 g/mol. The summed E-state index contributed by atoms with van der Waals surface area (Å²) in [7, 11) is 5.96. The van der Waals surface area contributed by atoms with Gasteiger partial charge in [0.05, 0.1) is 34.4 Å². The molecule has 0 atom stereocenters. The molecule has 1 fully saturated rings. The van der Waals surface area contributed by atoms with Crippen LogP contribution in [0.15, 0.2) is 196 Å². The molecule has 0 saturated heterocycles. The Labute approximate surface area is 521 Å². The van der Waals surface area contributed by atoms with Crippen LogP contribution in [-0.2, 0) is 21.1 Å². The van der Waals surface area contributed by atoms with E-state index in [2.05, 4.69) is 89.1 Å². The summed E-state index contributed by atoms with van der Waals surface area (Å²) >= 11 is 0. The molecule has 86 heavy (non-hydrogen) atoms. The predicted octanol–water partition coefficient (Wildman–Crippen LogP) is 20.2. The third-order valence-electron chi connectivity index (χ3n) is 17.6. The second-order valence-electron chi connectivity index (χ2n) is 23.7. The number of furan rings is 3. The Morgan fingerprint density at radius 2 is 0.674 bits per heavy atom. The Morgan fingerprint density at radius 1 is 0.337 bits per heavy atom. The molecule has 1 aliphatic carbocycles. The molecular formula is C80H74N3O3+3. The van der Waals surface area contributed by atoms with E-state index in [4.69, 9.17) is 31.1 Å². The van der Waals surface area contributed by atoms with Gasteiger partial charge in [-0.05, 0) is 183 Å². The maximum absolute atomic E-state index is 9.02. The maximum atomic E-state index is 9.02. The van der Waals surface area contributed by atoms with Crippen LogP contribution < -0.4 is 13.7 Å². The standard InChI is InChI=1S/C30H30NO.2C25H22NO/c1-19-9-12-25(20(2)13-19)28-17-30-27(18-31(28)3)26-15-23-11-10-22(21-7-5-4-6-8-21)14-24(23)16-29(26)32-30;1-15-6-8-20(17(3)9-15)23-13-25-22(14-26(23)4)21-11-19-10-16(2)5-7-18(19)12-24(21)27-25;1-15-6-8-20(17(3)9-15)23-13-25-22(14-26(23)4)21-11-18-7-5-16(2)10-19(18)12-24(21)27-25/h9-18,21H,4-8H2,1-3H3;2*5-14H,1-4H3/q3*+1/i1D3,21D;1D3,2D3;1D3. The fraction of sp³-hybridized carbons (Fsp3) is 0.212. The molecule has 0 unspecified atom stereocenters. The number of fused-ring (bicyclic) bond motifs is 12. The van der Waals surface area contributed by atoms with Crippen molar-refractivity contribution in [3.63, 3.8) is 0 Å². The largest absolute Gasteiger partial charge is 0.456 e. The topological polar surface area (TPSA) is 51.1 Å². The average Bonchev–Trinajstić information content (AvgIpc) is 1.63. The Kier molecular flexibility index (Phi) is 10.4. The van der Waals surface area contributed by atoms with Crippen molar-refractivity contribution < 1.29 is 44.8 Å². The van der Waals surface area contributed by atoms with Gasteiger partial charge < -0.3 is 13.3 Å². The average molecular weight is 1140 g/mol. The summed E-state index contributed by atoms with van der Waals surface area (Å²) in [4.78, 5) is 0. The second kappa shape index (κ2) is 21.6. The smallest absolute Gasteiger partial charge is 0.216 e. The van der Waals surface area contributed by atoms with Crippen LogP contribution in [-0.4, -0.2) is 0 Å². The third kappa shape index (κ3) is 10.0. The minimum absolute atomic E-state index is 0.311. The van der Waals surface area contributed by atoms with Crippen LogP contribution in [0.3, 0.4) is 0 Å². The van der Waals surface area contributed by atoms with Crippen LogP contribution >= 0.6 is 0 Å². The van der Waals surface area contributed by atoms with Crippen molar-refractivity contribution in [1.29, 1.82) is 0 Å². The second-order valence-corrected chi connectivity index (χ2v) is 23.7. The molecule has 0 aliphatic heterocycles. The van der Waals surface area contributed by atoms with Gasteiger partial charge in [-0.15, -0.1) is 0 Å². The third-order valence-corrected chi connectivity index (χ3v) is 17.6. The maximum Gasteiger partial charge on any atom is 0.216 e. The molecule has 15 aromatic rings. The highest BCUT2D eigenvalue weighted by Crippen LogP contribution is 2.40. The van der Waals surface area contributed by atoms with Gasteiger partial charge in [-0.25, -0.2) is 13.7 Å². The van der Waals surface area contributed by atoms with Crippen LogP contribution in [0.5, 0.6) is 0 Å². The molecule has 6 nitrogen and oxygen atoms in total. The number of hydrogen-bond donors (Lipinski definition) is 0. The quantitative estimate of drug-likeness (QED) is 0.165. The molecule has 0 radical (unpaired) electrons. The first-order valence-corrected chi connectivity index (χ1v) is 29.5. The molecule has 16 rings (SSSR count). The molecule has 1 aliphatic rings. The SMILES string of the molecule is [2H]C([2H])([2H])c1ccc(-c2cc3oc4cc5cc(C)ccc5cc4c3c[n+]2C)c(C)c1.[2H]C([2H])([2H])c1ccc(-c2cc3oc4cc5cc(C6([2H])CCCCC6)ccc5cc4c3c[n+]2C)c(C)c1.[2H]C([2H])([2H])c1ccc(-c2cc3oc4cc5ccc(C([2H])([2H])[2H])cc5cc4c3c[n+]2C)c(C)c1. The summed E-state index contributed by atoms with van der Waals surface area (Å²) in [6, 6.07) is 52.5. The minimum atomic E-state index is -2.16. The van der Waals surface area contributed by atoms with Crippen molar-refractivity contribution in [3.05, 3.63) is 232 Å². The van der Waals surface area contributed by atoms with Crippen molar-refractivity contribution in [2.75, 3.05) is 0 Å². The highest BCUT2D eigenvalue weighted by atomic mass is 16.3. The molecule has 6 aromatic heterocycles. The minimum Gasteiger partial charge on any atom is -0.456 e. The fourth-order valence-electron chi connectivity index (χ4n) is 13.1. The van der Waals surface area contributed by atoms with E-state index in [9.17, 15) is 0 Å². The van der Waals surface area contributed by atoms with Gasteiger partial charge in [-0.1, -0.05) is 138 Å². The molecule has 0 spiro atoms. The van der Waals surface area contributed by atoms with Gasteiger partial charge in [0.15, 0.2) is 18.6 Å². The molecule has 1 saturated carbocycles. The highest BCUT2D eigenvalue weighted by molar-refractivity contribution is 6.12. The summed E-state index contributed by atoms with van der Waals surface area (Å²) in [6.45, 7) is -0.630. The Balaban J connectivity index is 0.000000127. The lowest BCUT2D eigenvalue weighted by molar-refractivity contribution is -0.659. The van der Waals surface area contributed by atoms with E-state index >= 15 is 0 Å². The van der Waals surface area contributed by atoms with Crippen LogP contribution in [0.4, 0.5) is 0 Å². The normalized spacial score (nSPS) is 16.2. The lowest BCUT2D eigenvalue weighted by atomic mass is 9.83. The van der Waals surface area contributed by atoms with Gasteiger partial charge >= 0.3 is 0 Å². The number of rotatable bonds is 4. The first-order valence-electron chi connectivity index (χ1n) is 36.0. The van der Waals surface area contributed by atoms with E-state index in [-0.39, 0.29) is 0 Å². The first-order chi connectivity index (χ1) is 46.7. The Bertz CT molecular complexity index is 5790. The van der Waals surface area contributed by atoms with Gasteiger partial charge in [0.25, 0.3) is 0 Å². The molecule has 0 amide bonds. The van der Waals surface area contributed by atoms with E-state index in [1.165, 1.54) is 22.8 Å². The van der Waals surface area contributed by atoms with Gasteiger partial charge in [-0.3, -0.25) is 0 Å².